The highest BCUT2D eigenvalue weighted by molar-refractivity contribution is 6.04. The van der Waals surface area contributed by atoms with Gasteiger partial charge in [0.05, 0.1) is 13.7 Å². The Morgan fingerprint density at radius 3 is 2.41 bits per heavy atom. The van der Waals surface area contributed by atoms with Gasteiger partial charge in [-0.3, -0.25) is 14.5 Å². The van der Waals surface area contributed by atoms with Gasteiger partial charge in [-0.05, 0) is 66.8 Å². The molecule has 0 saturated carbocycles. The number of nitrogens with zero attached hydrogens (tertiary/aromatic N) is 1. The number of rotatable bonds is 10. The zero-order valence-electron chi connectivity index (χ0n) is 22.8. The Hall–Kier alpha value is -4.33. The highest BCUT2D eigenvalue weighted by Gasteiger charge is 2.47. The van der Waals surface area contributed by atoms with E-state index in [1.807, 2.05) is 31.2 Å². The quantitative estimate of drug-likeness (QED) is 0.363. The Bertz CT molecular complexity index is 1300. The molecule has 204 valence electrons. The average molecular weight is 530 g/mol. The number of hydrogen-bond acceptors (Lipinski definition) is 5. The average Bonchev–Trinajstić information content (AvgIpc) is 3.25. The standard InChI is InChI=1S/C31H35N3O5/c1-20(2)16-17-32-30(36)27-28(39-31(37)34(27)19-22-10-8-21(3)9-11-22)24-6-5-7-25(18-24)33-29(35)23-12-14-26(38-4)15-13-23/h5-15,18,20,27-28H,16-17,19H2,1-4H3,(H,32,36)(H,33,35)/t27-,28+/m1/s1. The van der Waals surface area contributed by atoms with Crippen molar-refractivity contribution in [1.29, 1.82) is 0 Å². The van der Waals surface area contributed by atoms with Crippen LogP contribution < -0.4 is 15.4 Å². The molecule has 1 aliphatic rings. The van der Waals surface area contributed by atoms with E-state index >= 15 is 0 Å². The van der Waals surface area contributed by atoms with Crippen molar-refractivity contribution in [1.82, 2.24) is 10.2 Å². The fourth-order valence-corrected chi connectivity index (χ4v) is 4.43. The normalized spacial score (nSPS) is 16.6. The molecule has 0 aliphatic carbocycles. The van der Waals surface area contributed by atoms with Crippen molar-refractivity contribution in [2.45, 2.75) is 45.9 Å². The Kier molecular flexibility index (Phi) is 8.86. The van der Waals surface area contributed by atoms with Crippen LogP contribution in [0.5, 0.6) is 5.75 Å². The van der Waals surface area contributed by atoms with Crippen LogP contribution in [0.25, 0.3) is 0 Å². The molecule has 8 heteroatoms. The van der Waals surface area contributed by atoms with Gasteiger partial charge in [0.15, 0.2) is 12.1 Å². The Balaban J connectivity index is 1.57. The minimum absolute atomic E-state index is 0.242. The Labute approximate surface area is 229 Å². The number of carbonyl (C=O) groups is 3. The second-order valence-corrected chi connectivity index (χ2v) is 10.1. The number of anilines is 1. The molecule has 3 amide bonds. The Morgan fingerprint density at radius 2 is 1.74 bits per heavy atom. The SMILES string of the molecule is COc1ccc(C(=O)Nc2cccc([C@@H]3OC(=O)N(Cc4ccc(C)cc4)[C@H]3C(=O)NCCC(C)C)c2)cc1. The predicted octanol–water partition coefficient (Wildman–Crippen LogP) is 5.48. The van der Waals surface area contributed by atoms with Gasteiger partial charge in [0.1, 0.15) is 5.75 Å². The lowest BCUT2D eigenvalue weighted by atomic mass is 9.99. The van der Waals surface area contributed by atoms with Crippen LogP contribution in [0.2, 0.25) is 0 Å². The van der Waals surface area contributed by atoms with Crippen LogP contribution in [0.1, 0.15) is 53.4 Å². The summed E-state index contributed by atoms with van der Waals surface area (Å²) in [6, 6.07) is 20.8. The first kappa shape index (κ1) is 27.7. The molecular weight excluding hydrogens is 494 g/mol. The summed E-state index contributed by atoms with van der Waals surface area (Å²) in [6.45, 7) is 6.92. The number of aryl methyl sites for hydroxylation is 1. The zero-order valence-corrected chi connectivity index (χ0v) is 22.8. The molecular formula is C31H35N3O5. The van der Waals surface area contributed by atoms with E-state index in [2.05, 4.69) is 24.5 Å². The van der Waals surface area contributed by atoms with Gasteiger partial charge >= 0.3 is 6.09 Å². The lowest BCUT2D eigenvalue weighted by molar-refractivity contribution is -0.126. The zero-order chi connectivity index (χ0) is 27.9. The van der Waals surface area contributed by atoms with Crippen molar-refractivity contribution in [3.63, 3.8) is 0 Å². The van der Waals surface area contributed by atoms with Crippen LogP contribution in [0.15, 0.2) is 72.8 Å². The second kappa shape index (κ2) is 12.5. The van der Waals surface area contributed by atoms with Crippen molar-refractivity contribution in [3.05, 3.63) is 95.1 Å². The van der Waals surface area contributed by atoms with Gasteiger partial charge in [-0.1, -0.05) is 55.8 Å². The van der Waals surface area contributed by atoms with Crippen LogP contribution in [0.4, 0.5) is 10.5 Å². The smallest absolute Gasteiger partial charge is 0.411 e. The monoisotopic (exact) mass is 529 g/mol. The molecule has 3 aromatic rings. The first-order valence-corrected chi connectivity index (χ1v) is 13.1. The number of hydrogen-bond donors (Lipinski definition) is 2. The van der Waals surface area contributed by atoms with Crippen LogP contribution in [-0.4, -0.2) is 42.5 Å². The summed E-state index contributed by atoms with van der Waals surface area (Å²) in [4.78, 5) is 40.8. The van der Waals surface area contributed by atoms with Crippen LogP contribution >= 0.6 is 0 Å². The maximum absolute atomic E-state index is 13.4. The van der Waals surface area contributed by atoms with E-state index in [1.54, 1.807) is 55.6 Å². The molecule has 2 N–H and O–H groups in total. The lowest BCUT2D eigenvalue weighted by Gasteiger charge is -2.24. The number of ether oxygens (including phenoxy) is 2. The van der Waals surface area contributed by atoms with Gasteiger partial charge in [0.2, 0.25) is 5.91 Å². The molecule has 1 fully saturated rings. The minimum atomic E-state index is -0.862. The fourth-order valence-electron chi connectivity index (χ4n) is 4.43. The van der Waals surface area contributed by atoms with Gasteiger partial charge < -0.3 is 20.1 Å². The summed E-state index contributed by atoms with van der Waals surface area (Å²) < 4.78 is 10.9. The minimum Gasteiger partial charge on any atom is -0.497 e. The molecule has 1 aliphatic heterocycles. The van der Waals surface area contributed by atoms with Crippen molar-refractivity contribution < 1.29 is 23.9 Å². The number of methoxy groups -OCH3 is 1. The van der Waals surface area contributed by atoms with E-state index in [4.69, 9.17) is 9.47 Å². The van der Waals surface area contributed by atoms with Crippen LogP contribution in [0, 0.1) is 12.8 Å². The number of nitrogens with one attached hydrogen (secondary N) is 2. The number of carbonyl (C=O) groups excluding carboxylic acids is 3. The molecule has 1 heterocycles. The van der Waals surface area contributed by atoms with Crippen molar-refractivity contribution in [3.8, 4) is 5.75 Å². The van der Waals surface area contributed by atoms with E-state index in [9.17, 15) is 14.4 Å². The molecule has 4 rings (SSSR count). The Morgan fingerprint density at radius 1 is 1.03 bits per heavy atom. The molecule has 3 aromatic carbocycles. The van der Waals surface area contributed by atoms with Gasteiger partial charge in [-0.15, -0.1) is 0 Å². The largest absolute Gasteiger partial charge is 0.497 e. The van der Waals surface area contributed by atoms with Crippen LogP contribution in [-0.2, 0) is 16.1 Å². The first-order chi connectivity index (χ1) is 18.7. The predicted molar refractivity (Wildman–Crippen MR) is 150 cm³/mol. The molecule has 2 atom stereocenters. The summed E-state index contributed by atoms with van der Waals surface area (Å²) in [5.74, 6) is 0.523. The van der Waals surface area contributed by atoms with Gasteiger partial charge in [0.25, 0.3) is 5.91 Å². The third-order valence-corrected chi connectivity index (χ3v) is 6.67. The van der Waals surface area contributed by atoms with Gasteiger partial charge in [-0.25, -0.2) is 4.79 Å². The van der Waals surface area contributed by atoms with Crippen molar-refractivity contribution in [2.75, 3.05) is 19.0 Å². The first-order valence-electron chi connectivity index (χ1n) is 13.1. The summed E-state index contributed by atoms with van der Waals surface area (Å²) in [5, 5.41) is 5.87. The third-order valence-electron chi connectivity index (χ3n) is 6.67. The van der Waals surface area contributed by atoms with Gasteiger partial charge in [-0.2, -0.15) is 0 Å². The van der Waals surface area contributed by atoms with E-state index in [1.165, 1.54) is 4.90 Å². The topological polar surface area (TPSA) is 97.0 Å². The summed E-state index contributed by atoms with van der Waals surface area (Å²) in [6.07, 6.45) is -0.569. The number of amides is 3. The third kappa shape index (κ3) is 6.96. The van der Waals surface area contributed by atoms with E-state index < -0.39 is 18.2 Å². The van der Waals surface area contributed by atoms with E-state index in [-0.39, 0.29) is 18.4 Å². The summed E-state index contributed by atoms with van der Waals surface area (Å²) >= 11 is 0. The molecule has 8 nitrogen and oxygen atoms in total. The van der Waals surface area contributed by atoms with E-state index in [0.717, 1.165) is 17.5 Å². The van der Waals surface area contributed by atoms with Crippen molar-refractivity contribution >= 4 is 23.6 Å². The molecule has 0 radical (unpaired) electrons. The van der Waals surface area contributed by atoms with E-state index in [0.29, 0.717) is 35.0 Å². The molecule has 0 aromatic heterocycles. The molecule has 0 unspecified atom stereocenters. The highest BCUT2D eigenvalue weighted by Crippen LogP contribution is 2.35. The summed E-state index contributed by atoms with van der Waals surface area (Å²) in [5.41, 5.74) is 3.63. The summed E-state index contributed by atoms with van der Waals surface area (Å²) in [7, 11) is 1.57. The molecule has 0 bridgehead atoms. The number of benzene rings is 3. The maximum atomic E-state index is 13.4. The highest BCUT2D eigenvalue weighted by atomic mass is 16.6. The molecule has 1 saturated heterocycles. The van der Waals surface area contributed by atoms with Crippen LogP contribution in [0.3, 0.4) is 0 Å². The van der Waals surface area contributed by atoms with Crippen molar-refractivity contribution in [2.24, 2.45) is 5.92 Å². The second-order valence-electron chi connectivity index (χ2n) is 10.1. The maximum Gasteiger partial charge on any atom is 0.411 e. The fraction of sp³-hybridized carbons (Fsp3) is 0.323. The number of cyclic esters (lactones) is 1. The lowest BCUT2D eigenvalue weighted by Crippen LogP contribution is -2.46. The molecule has 0 spiro atoms. The van der Waals surface area contributed by atoms with Gasteiger partial charge in [0, 0.05) is 17.8 Å². The molecule has 39 heavy (non-hydrogen) atoms.